The highest BCUT2D eigenvalue weighted by molar-refractivity contribution is 6.39. The van der Waals surface area contributed by atoms with Crippen LogP contribution in [0.25, 0.3) is 0 Å². The number of aliphatic hydroxyl groups is 3. The minimum absolute atomic E-state index is 0.0540. The summed E-state index contributed by atoms with van der Waals surface area (Å²) < 4.78 is 24.3. The van der Waals surface area contributed by atoms with Gasteiger partial charge in [-0.3, -0.25) is 9.59 Å². The van der Waals surface area contributed by atoms with Gasteiger partial charge in [0.25, 0.3) is 11.7 Å². The Morgan fingerprint density at radius 1 is 1.02 bits per heavy atom. The van der Waals surface area contributed by atoms with Crippen LogP contribution in [0.2, 0.25) is 0 Å². The second-order valence-electron chi connectivity index (χ2n) is 17.0. The molecule has 12 nitrogen and oxygen atoms in total. The number of rotatable bonds is 6. The van der Waals surface area contributed by atoms with E-state index >= 15 is 0 Å². The number of fused-ring (bicyclic) bond motifs is 3. The smallest absolute Gasteiger partial charge is 0.329 e. The number of nitrogens with one attached hydrogen (secondary N) is 1. The first-order valence-electron chi connectivity index (χ1n) is 20.5. The molecule has 0 radical (unpaired) electrons. The highest BCUT2D eigenvalue weighted by atomic mass is 16.7. The molecule has 1 aliphatic carbocycles. The number of aliphatic hydroxyl groups excluding tert-OH is 2. The Labute approximate surface area is 328 Å². The lowest BCUT2D eigenvalue weighted by Crippen LogP contribution is -2.64. The van der Waals surface area contributed by atoms with Crippen LogP contribution in [-0.2, 0) is 33.3 Å². The van der Waals surface area contributed by atoms with Gasteiger partial charge in [-0.2, -0.15) is 0 Å². The lowest BCUT2D eigenvalue weighted by atomic mass is 9.82. The van der Waals surface area contributed by atoms with Crippen LogP contribution in [0.5, 0.6) is 0 Å². The summed E-state index contributed by atoms with van der Waals surface area (Å²) in [7, 11) is 3.09. The van der Waals surface area contributed by atoms with Crippen LogP contribution in [-0.4, -0.2) is 113 Å². The maximum atomic E-state index is 14.3. The fourth-order valence-electron chi connectivity index (χ4n) is 9.18. The molecular formula is C43H68N2O10. The summed E-state index contributed by atoms with van der Waals surface area (Å²) in [6.07, 6.45) is 7.95. The van der Waals surface area contributed by atoms with E-state index in [-0.39, 0.29) is 49.7 Å². The molecule has 0 aromatic carbocycles. The average Bonchev–Trinajstić information content (AvgIpc) is 3.16. The molecule has 12 heteroatoms. The predicted octanol–water partition coefficient (Wildman–Crippen LogP) is 5.46. The third-order valence-electron chi connectivity index (χ3n) is 12.6. The normalized spacial score (nSPS) is 40.7. The molecule has 0 spiro atoms. The standard InChI is InChI=1S/C43H68N2O10/c1-9-12-31-20-25(2)19-26(3)21-36(52-7)39-37(53-8)23-28(5)43(51,55-39)40(48)41(49)45-18-11-10-13-34(45)42(50)54-38(29(6)35(47)24-33(31)44)27(4)22-30-14-16-32(46)17-15-30/h9,20,22,26,28-32,34-39,44,46-47,51H,1,10-19,21,23-24H2,2-8H3/b25-20+,27-22+,44-33?/t26-,28+,29+,30?,31+,32?,34-,35-,36-,37-,38+,39+,43+/m0/s1. The first-order chi connectivity index (χ1) is 26.0. The SMILES string of the molecule is C=CC[C@@H]1/C=C(\C)C[C@H](C)C[C@H](OC)[C@H]2O[C@@](O)(C(=O)C(=O)N3CCCC[C@H]3C(=O)O[C@H](/C(C)=C/C3CCC(O)CC3)[C@H](C)[C@@H](O)CC1=N)[C@H](C)C[C@@H]2OC. The molecule has 1 amide bonds. The van der Waals surface area contributed by atoms with Gasteiger partial charge < -0.3 is 44.6 Å². The minimum Gasteiger partial charge on any atom is -0.456 e. The molecule has 2 saturated heterocycles. The Balaban J connectivity index is 1.77. The summed E-state index contributed by atoms with van der Waals surface area (Å²) in [4.78, 5) is 43.8. The van der Waals surface area contributed by atoms with Crippen LogP contribution in [0.3, 0.4) is 0 Å². The van der Waals surface area contributed by atoms with Crippen molar-refractivity contribution in [3.05, 3.63) is 36.0 Å². The van der Waals surface area contributed by atoms with Crippen molar-refractivity contribution in [3.63, 3.8) is 0 Å². The number of carbonyl (C=O) groups is 3. The summed E-state index contributed by atoms with van der Waals surface area (Å²) in [5, 5.41) is 43.0. The largest absolute Gasteiger partial charge is 0.456 e. The Bertz CT molecular complexity index is 1420. The van der Waals surface area contributed by atoms with E-state index in [4.69, 9.17) is 24.4 Å². The number of amides is 1. The van der Waals surface area contributed by atoms with Crippen molar-refractivity contribution >= 4 is 23.4 Å². The van der Waals surface area contributed by atoms with Gasteiger partial charge in [0, 0.05) is 50.7 Å². The van der Waals surface area contributed by atoms with Crippen molar-refractivity contribution in [2.75, 3.05) is 20.8 Å². The zero-order chi connectivity index (χ0) is 40.6. The summed E-state index contributed by atoms with van der Waals surface area (Å²) in [6, 6.07) is -1.09. The first kappa shape index (κ1) is 45.0. The van der Waals surface area contributed by atoms with Gasteiger partial charge in [0.05, 0.1) is 24.4 Å². The van der Waals surface area contributed by atoms with Crippen molar-refractivity contribution < 1.29 is 48.7 Å². The molecule has 4 N–H and O–H groups in total. The highest BCUT2D eigenvalue weighted by Crippen LogP contribution is 2.39. The number of piperidine rings is 1. The van der Waals surface area contributed by atoms with Crippen LogP contribution >= 0.6 is 0 Å². The number of ketones is 1. The fourth-order valence-corrected chi connectivity index (χ4v) is 9.18. The summed E-state index contributed by atoms with van der Waals surface area (Å²) in [5.41, 5.74) is 2.13. The molecule has 3 fully saturated rings. The molecule has 4 aliphatic rings. The maximum absolute atomic E-state index is 14.3. The van der Waals surface area contributed by atoms with E-state index in [0.29, 0.717) is 50.7 Å². The zero-order valence-electron chi connectivity index (χ0n) is 34.2. The number of Topliss-reactive ketones (excluding diaryl/α,β-unsaturated/α-hetero) is 1. The van der Waals surface area contributed by atoms with Gasteiger partial charge in [0.1, 0.15) is 18.2 Å². The molecule has 310 valence electrons. The van der Waals surface area contributed by atoms with E-state index in [0.717, 1.165) is 24.0 Å². The number of allylic oxidation sites excluding steroid dienone is 4. The molecule has 1 saturated carbocycles. The van der Waals surface area contributed by atoms with Crippen molar-refractivity contribution in [2.24, 2.45) is 29.6 Å². The van der Waals surface area contributed by atoms with Gasteiger partial charge in [-0.15, -0.1) is 6.58 Å². The van der Waals surface area contributed by atoms with E-state index in [1.807, 2.05) is 13.8 Å². The molecule has 3 aliphatic heterocycles. The van der Waals surface area contributed by atoms with Crippen LogP contribution in [0.4, 0.5) is 0 Å². The van der Waals surface area contributed by atoms with Crippen LogP contribution in [0.15, 0.2) is 36.0 Å². The topological polar surface area (TPSA) is 176 Å². The van der Waals surface area contributed by atoms with E-state index in [1.54, 1.807) is 34.1 Å². The first-order valence-corrected chi connectivity index (χ1v) is 20.5. The van der Waals surface area contributed by atoms with Crippen molar-refractivity contribution in [1.29, 1.82) is 5.41 Å². The average molecular weight is 773 g/mol. The monoisotopic (exact) mass is 772 g/mol. The van der Waals surface area contributed by atoms with Crippen LogP contribution in [0, 0.1) is 35.0 Å². The lowest BCUT2D eigenvalue weighted by molar-refractivity contribution is -0.302. The molecular weight excluding hydrogens is 704 g/mol. The van der Waals surface area contributed by atoms with Crippen LogP contribution in [0.1, 0.15) is 112 Å². The second-order valence-corrected chi connectivity index (χ2v) is 17.0. The Morgan fingerprint density at radius 3 is 2.31 bits per heavy atom. The molecule has 0 unspecified atom stereocenters. The van der Waals surface area contributed by atoms with Gasteiger partial charge in [0.15, 0.2) is 0 Å². The van der Waals surface area contributed by atoms with Gasteiger partial charge in [-0.05, 0) is 102 Å². The van der Waals surface area contributed by atoms with E-state index in [2.05, 4.69) is 25.7 Å². The van der Waals surface area contributed by atoms with Gasteiger partial charge in [-0.25, -0.2) is 4.79 Å². The van der Waals surface area contributed by atoms with Crippen molar-refractivity contribution in [2.45, 2.75) is 160 Å². The van der Waals surface area contributed by atoms with Gasteiger partial charge >= 0.3 is 5.97 Å². The summed E-state index contributed by atoms with van der Waals surface area (Å²) >= 11 is 0. The van der Waals surface area contributed by atoms with Crippen LogP contribution < -0.4 is 0 Å². The molecule has 0 aromatic rings. The number of carbonyl (C=O) groups excluding carboxylic acids is 3. The molecule has 11 atom stereocenters. The van der Waals surface area contributed by atoms with E-state index in [1.165, 1.54) is 4.90 Å². The van der Waals surface area contributed by atoms with E-state index < -0.39 is 71.8 Å². The molecule has 4 rings (SSSR count). The van der Waals surface area contributed by atoms with Crippen molar-refractivity contribution in [3.8, 4) is 0 Å². The van der Waals surface area contributed by atoms with E-state index in [9.17, 15) is 29.7 Å². The lowest BCUT2D eigenvalue weighted by Gasteiger charge is -2.47. The Morgan fingerprint density at radius 2 is 1.67 bits per heavy atom. The summed E-state index contributed by atoms with van der Waals surface area (Å²) in [6.45, 7) is 13.5. The highest BCUT2D eigenvalue weighted by Gasteiger charge is 2.56. The summed E-state index contributed by atoms with van der Waals surface area (Å²) in [5.74, 6) is -6.85. The Hall–Kier alpha value is -2.74. The number of cyclic esters (lactones) is 1. The third-order valence-corrected chi connectivity index (χ3v) is 12.6. The molecule has 3 heterocycles. The Kier molecular flexibility index (Phi) is 16.4. The molecule has 0 aromatic heterocycles. The third kappa shape index (κ3) is 11.0. The second kappa shape index (κ2) is 20.1. The zero-order valence-corrected chi connectivity index (χ0v) is 34.2. The number of nitrogens with zero attached hydrogens (tertiary/aromatic N) is 1. The minimum atomic E-state index is -2.48. The maximum Gasteiger partial charge on any atom is 0.329 e. The number of esters is 1. The molecule has 2 bridgehead atoms. The number of methoxy groups -OCH3 is 2. The van der Waals surface area contributed by atoms with Crippen molar-refractivity contribution in [1.82, 2.24) is 4.90 Å². The fraction of sp³-hybridized carbons (Fsp3) is 0.767. The number of hydrogen-bond acceptors (Lipinski definition) is 11. The van der Waals surface area contributed by atoms with Gasteiger partial charge in [-0.1, -0.05) is 44.6 Å². The quantitative estimate of drug-likeness (QED) is 0.154. The van der Waals surface area contributed by atoms with Gasteiger partial charge in [0.2, 0.25) is 5.79 Å². The predicted molar refractivity (Wildman–Crippen MR) is 209 cm³/mol. The number of hydrogen-bond donors (Lipinski definition) is 4. The molecule has 55 heavy (non-hydrogen) atoms. The number of ether oxygens (including phenoxy) is 4.